The number of imidazole rings is 1. The molecular formula is C23H22N4OS2. The molecular weight excluding hydrogens is 412 g/mol. The van der Waals surface area contributed by atoms with Crippen molar-refractivity contribution in [3.05, 3.63) is 82.0 Å². The SMILES string of the molecule is CC(=NNC(=O)CSc1nc2ccccc2n1Cc1ccc(C)cc1)c1cccs1. The van der Waals surface area contributed by atoms with Crippen LogP contribution in [-0.2, 0) is 11.3 Å². The first-order valence-corrected chi connectivity index (χ1v) is 11.5. The lowest BCUT2D eigenvalue weighted by atomic mass is 10.1. The average molecular weight is 435 g/mol. The number of thioether (sulfide) groups is 1. The van der Waals surface area contributed by atoms with Gasteiger partial charge in [0.25, 0.3) is 5.91 Å². The Hall–Kier alpha value is -2.90. The lowest BCUT2D eigenvalue weighted by Gasteiger charge is -2.09. The summed E-state index contributed by atoms with van der Waals surface area (Å²) in [5.41, 5.74) is 7.88. The van der Waals surface area contributed by atoms with Crippen LogP contribution in [0.3, 0.4) is 0 Å². The maximum atomic E-state index is 12.3. The number of benzene rings is 2. The summed E-state index contributed by atoms with van der Waals surface area (Å²) in [4.78, 5) is 18.1. The Morgan fingerprint density at radius 3 is 2.70 bits per heavy atom. The molecule has 0 radical (unpaired) electrons. The zero-order valence-electron chi connectivity index (χ0n) is 16.8. The van der Waals surface area contributed by atoms with Crippen LogP contribution in [0.15, 0.2) is 76.3 Å². The number of amides is 1. The number of hydrogen-bond donors (Lipinski definition) is 1. The first-order valence-electron chi connectivity index (χ1n) is 9.61. The van der Waals surface area contributed by atoms with E-state index in [4.69, 9.17) is 4.98 Å². The molecule has 0 spiro atoms. The number of rotatable bonds is 7. The van der Waals surface area contributed by atoms with Gasteiger partial charge in [-0.3, -0.25) is 4.79 Å². The molecule has 0 atom stereocenters. The fourth-order valence-electron chi connectivity index (χ4n) is 3.04. The molecule has 2 aromatic heterocycles. The third-order valence-corrected chi connectivity index (χ3v) is 6.59. The minimum atomic E-state index is -0.148. The maximum Gasteiger partial charge on any atom is 0.250 e. The average Bonchev–Trinajstić information content (AvgIpc) is 3.41. The van der Waals surface area contributed by atoms with Crippen molar-refractivity contribution in [2.24, 2.45) is 5.10 Å². The highest BCUT2D eigenvalue weighted by atomic mass is 32.2. The standard InChI is InChI=1S/C23H22N4OS2/c1-16-9-11-18(12-10-16)14-27-20-7-4-3-6-19(20)24-23(27)30-15-22(28)26-25-17(2)21-8-5-13-29-21/h3-13H,14-15H2,1-2H3,(H,26,28). The number of carbonyl (C=O) groups is 1. The Morgan fingerprint density at radius 2 is 1.93 bits per heavy atom. The molecule has 0 aliphatic rings. The molecule has 2 heterocycles. The van der Waals surface area contributed by atoms with E-state index in [1.54, 1.807) is 11.3 Å². The van der Waals surface area contributed by atoms with Crippen molar-refractivity contribution in [3.8, 4) is 0 Å². The summed E-state index contributed by atoms with van der Waals surface area (Å²) in [5.74, 6) is 0.100. The number of aromatic nitrogens is 2. The van der Waals surface area contributed by atoms with E-state index in [2.05, 4.69) is 52.3 Å². The monoisotopic (exact) mass is 434 g/mol. The fraction of sp³-hybridized carbons (Fsp3) is 0.174. The van der Waals surface area contributed by atoms with Gasteiger partial charge in [0.1, 0.15) is 0 Å². The van der Waals surface area contributed by atoms with Crippen LogP contribution >= 0.6 is 23.1 Å². The lowest BCUT2D eigenvalue weighted by molar-refractivity contribution is -0.118. The molecule has 2 aromatic carbocycles. The van der Waals surface area contributed by atoms with Gasteiger partial charge < -0.3 is 4.57 Å². The molecule has 0 bridgehead atoms. The summed E-state index contributed by atoms with van der Waals surface area (Å²) in [6.45, 7) is 4.68. The number of fused-ring (bicyclic) bond motifs is 1. The van der Waals surface area contributed by atoms with E-state index in [9.17, 15) is 4.79 Å². The minimum absolute atomic E-state index is 0.148. The minimum Gasteiger partial charge on any atom is -0.314 e. The molecule has 0 aliphatic heterocycles. The first kappa shape index (κ1) is 20.4. The smallest absolute Gasteiger partial charge is 0.250 e. The quantitative estimate of drug-likeness (QED) is 0.250. The van der Waals surface area contributed by atoms with E-state index in [1.807, 2.05) is 42.6 Å². The van der Waals surface area contributed by atoms with Gasteiger partial charge in [0.05, 0.1) is 29.0 Å². The number of hydrogen-bond acceptors (Lipinski definition) is 5. The van der Waals surface area contributed by atoms with Crippen molar-refractivity contribution in [1.29, 1.82) is 0 Å². The van der Waals surface area contributed by atoms with Crippen LogP contribution in [0.5, 0.6) is 0 Å². The van der Waals surface area contributed by atoms with Crippen LogP contribution in [0.1, 0.15) is 22.9 Å². The number of carbonyl (C=O) groups excluding carboxylic acids is 1. The molecule has 1 N–H and O–H groups in total. The lowest BCUT2D eigenvalue weighted by Crippen LogP contribution is -2.21. The number of thiophene rings is 1. The Morgan fingerprint density at radius 1 is 1.13 bits per heavy atom. The van der Waals surface area contributed by atoms with Crippen molar-refractivity contribution in [1.82, 2.24) is 15.0 Å². The molecule has 30 heavy (non-hydrogen) atoms. The van der Waals surface area contributed by atoms with E-state index in [0.717, 1.165) is 26.8 Å². The molecule has 5 nitrogen and oxygen atoms in total. The van der Waals surface area contributed by atoms with E-state index >= 15 is 0 Å². The number of aryl methyl sites for hydroxylation is 1. The third-order valence-electron chi connectivity index (χ3n) is 4.64. The fourth-order valence-corrected chi connectivity index (χ4v) is 4.52. The second kappa shape index (κ2) is 9.28. The Bertz CT molecular complexity index is 1180. The third kappa shape index (κ3) is 4.80. The highest BCUT2D eigenvalue weighted by Gasteiger charge is 2.13. The molecule has 152 valence electrons. The van der Waals surface area contributed by atoms with Crippen LogP contribution in [0.4, 0.5) is 0 Å². The number of para-hydroxylation sites is 2. The first-order chi connectivity index (χ1) is 14.6. The van der Waals surface area contributed by atoms with Crippen molar-refractivity contribution >= 4 is 45.8 Å². The summed E-state index contributed by atoms with van der Waals surface area (Å²) in [5, 5.41) is 7.02. The molecule has 0 saturated carbocycles. The van der Waals surface area contributed by atoms with Crippen LogP contribution in [0.2, 0.25) is 0 Å². The Balaban J connectivity index is 1.48. The van der Waals surface area contributed by atoms with Crippen molar-refractivity contribution in [2.75, 3.05) is 5.75 Å². The number of hydrazone groups is 1. The summed E-state index contributed by atoms with van der Waals surface area (Å²) >= 11 is 3.02. The van der Waals surface area contributed by atoms with Crippen LogP contribution in [0.25, 0.3) is 11.0 Å². The predicted octanol–water partition coefficient (Wildman–Crippen LogP) is 5.09. The highest BCUT2D eigenvalue weighted by molar-refractivity contribution is 7.99. The summed E-state index contributed by atoms with van der Waals surface area (Å²) < 4.78 is 2.16. The van der Waals surface area contributed by atoms with Crippen LogP contribution in [0, 0.1) is 6.92 Å². The maximum absolute atomic E-state index is 12.3. The summed E-state index contributed by atoms with van der Waals surface area (Å²) in [6.07, 6.45) is 0. The topological polar surface area (TPSA) is 59.3 Å². The molecule has 4 aromatic rings. The number of nitrogens with zero attached hydrogens (tertiary/aromatic N) is 3. The van der Waals surface area contributed by atoms with Gasteiger partial charge in [-0.05, 0) is 43.0 Å². The molecule has 0 unspecified atom stereocenters. The van der Waals surface area contributed by atoms with Crippen molar-refractivity contribution < 1.29 is 4.79 Å². The zero-order valence-corrected chi connectivity index (χ0v) is 18.5. The predicted molar refractivity (Wildman–Crippen MR) is 125 cm³/mol. The van der Waals surface area contributed by atoms with E-state index in [1.165, 1.54) is 22.9 Å². The van der Waals surface area contributed by atoms with E-state index in [0.29, 0.717) is 6.54 Å². The Labute approximate surface area is 183 Å². The van der Waals surface area contributed by atoms with Gasteiger partial charge >= 0.3 is 0 Å². The van der Waals surface area contributed by atoms with Gasteiger partial charge in [0.15, 0.2) is 5.16 Å². The van der Waals surface area contributed by atoms with Gasteiger partial charge in [0.2, 0.25) is 0 Å². The molecule has 0 saturated heterocycles. The second-order valence-corrected chi connectivity index (χ2v) is 8.84. The zero-order chi connectivity index (χ0) is 20.9. The van der Waals surface area contributed by atoms with Gasteiger partial charge in [0, 0.05) is 4.88 Å². The summed E-state index contributed by atoms with van der Waals surface area (Å²) in [6, 6.07) is 20.5. The molecule has 0 fully saturated rings. The van der Waals surface area contributed by atoms with Gasteiger partial charge in [-0.1, -0.05) is 59.8 Å². The second-order valence-electron chi connectivity index (χ2n) is 6.95. The molecule has 4 rings (SSSR count). The van der Waals surface area contributed by atoms with Crippen LogP contribution in [-0.4, -0.2) is 26.9 Å². The van der Waals surface area contributed by atoms with Gasteiger partial charge in [-0.2, -0.15) is 5.10 Å². The molecule has 7 heteroatoms. The largest absolute Gasteiger partial charge is 0.314 e. The number of nitrogens with one attached hydrogen (secondary N) is 1. The van der Waals surface area contributed by atoms with E-state index < -0.39 is 0 Å². The summed E-state index contributed by atoms with van der Waals surface area (Å²) in [7, 11) is 0. The van der Waals surface area contributed by atoms with E-state index in [-0.39, 0.29) is 11.7 Å². The van der Waals surface area contributed by atoms with Gasteiger partial charge in [-0.15, -0.1) is 11.3 Å². The van der Waals surface area contributed by atoms with Crippen LogP contribution < -0.4 is 5.43 Å². The molecule has 1 amide bonds. The molecule has 0 aliphatic carbocycles. The highest BCUT2D eigenvalue weighted by Crippen LogP contribution is 2.25. The van der Waals surface area contributed by atoms with Gasteiger partial charge in [-0.25, -0.2) is 10.4 Å². The normalized spacial score (nSPS) is 11.7. The van der Waals surface area contributed by atoms with Crippen molar-refractivity contribution in [3.63, 3.8) is 0 Å². The van der Waals surface area contributed by atoms with Crippen molar-refractivity contribution in [2.45, 2.75) is 25.5 Å². The Kier molecular flexibility index (Phi) is 6.30.